The Morgan fingerprint density at radius 1 is 0.783 bits per heavy atom. The van der Waals surface area contributed by atoms with Gasteiger partial charge >= 0.3 is 0 Å². The fourth-order valence-electron chi connectivity index (χ4n) is 3.33. The first-order valence-corrected chi connectivity index (χ1v) is 9.63. The summed E-state index contributed by atoms with van der Waals surface area (Å²) >= 11 is 0. The van der Waals surface area contributed by atoms with Gasteiger partial charge in [0.25, 0.3) is 0 Å². The second kappa shape index (κ2) is 7.40. The number of aromatic nitrogens is 2. The molecule has 1 aromatic heterocycles. The maximum Gasteiger partial charge on any atom is 0.112 e. The van der Waals surface area contributed by atoms with E-state index in [9.17, 15) is 0 Å². The Bertz CT molecular complexity index is 492. The zero-order chi connectivity index (χ0) is 17.9. The van der Waals surface area contributed by atoms with Crippen molar-refractivity contribution in [3.63, 3.8) is 0 Å². The molecule has 0 aliphatic rings. The lowest BCUT2D eigenvalue weighted by Gasteiger charge is -2.30. The second-order valence-corrected chi connectivity index (χ2v) is 9.17. The van der Waals surface area contributed by atoms with Crippen molar-refractivity contribution < 1.29 is 0 Å². The van der Waals surface area contributed by atoms with Crippen LogP contribution in [0.3, 0.4) is 0 Å². The average molecular weight is 321 g/mol. The molecule has 0 atom stereocenters. The molecular formula is C21H40N2. The van der Waals surface area contributed by atoms with Crippen LogP contribution in [0, 0.1) is 0 Å². The van der Waals surface area contributed by atoms with Crippen molar-refractivity contribution in [3.8, 4) is 0 Å². The Morgan fingerprint density at radius 3 is 1.87 bits per heavy atom. The fraction of sp³-hybridized carbons (Fsp3) is 0.857. The lowest BCUT2D eigenvalue weighted by molar-refractivity contribution is 0.409. The molecule has 0 radical (unpaired) electrons. The molecule has 1 aromatic rings. The predicted octanol–water partition coefficient (Wildman–Crippen LogP) is 6.64. The molecule has 0 aromatic carbocycles. The van der Waals surface area contributed by atoms with Gasteiger partial charge in [0, 0.05) is 21.9 Å². The van der Waals surface area contributed by atoms with E-state index in [4.69, 9.17) is 4.98 Å². The Morgan fingerprint density at radius 2 is 1.39 bits per heavy atom. The lowest BCUT2D eigenvalue weighted by atomic mass is 9.76. The Kier molecular flexibility index (Phi) is 6.52. The smallest absolute Gasteiger partial charge is 0.112 e. The monoisotopic (exact) mass is 320 g/mol. The van der Waals surface area contributed by atoms with Crippen molar-refractivity contribution in [1.29, 1.82) is 0 Å². The third-order valence-electron chi connectivity index (χ3n) is 5.58. The summed E-state index contributed by atoms with van der Waals surface area (Å²) in [7, 11) is 0. The summed E-state index contributed by atoms with van der Waals surface area (Å²) in [6.45, 7) is 20.9. The normalized spacial score (nSPS) is 13.6. The molecule has 2 nitrogen and oxygen atoms in total. The summed E-state index contributed by atoms with van der Waals surface area (Å²) in [5, 5.41) is 0. The predicted molar refractivity (Wildman–Crippen MR) is 102 cm³/mol. The van der Waals surface area contributed by atoms with Crippen LogP contribution in [0.2, 0.25) is 0 Å². The van der Waals surface area contributed by atoms with Crippen LogP contribution < -0.4 is 0 Å². The van der Waals surface area contributed by atoms with Gasteiger partial charge in [-0.25, -0.2) is 4.98 Å². The van der Waals surface area contributed by atoms with Crippen LogP contribution in [-0.2, 0) is 16.2 Å². The second-order valence-electron chi connectivity index (χ2n) is 9.17. The number of rotatable bonds is 9. The van der Waals surface area contributed by atoms with E-state index < -0.39 is 0 Å². The molecule has 0 unspecified atom stereocenters. The van der Waals surface area contributed by atoms with Crippen molar-refractivity contribution in [1.82, 2.24) is 9.97 Å². The van der Waals surface area contributed by atoms with Gasteiger partial charge in [0.2, 0.25) is 0 Å². The topological polar surface area (TPSA) is 28.7 Å². The molecule has 0 aliphatic heterocycles. The van der Waals surface area contributed by atoms with Crippen molar-refractivity contribution in [3.05, 3.63) is 17.2 Å². The van der Waals surface area contributed by atoms with Crippen molar-refractivity contribution in [2.75, 3.05) is 0 Å². The maximum absolute atomic E-state index is 5.16. The molecule has 1 heterocycles. The number of nitrogens with zero attached hydrogens (tertiary/aromatic N) is 1. The molecule has 0 spiro atoms. The van der Waals surface area contributed by atoms with Gasteiger partial charge in [0.15, 0.2) is 0 Å². The van der Waals surface area contributed by atoms with Gasteiger partial charge in [-0.1, -0.05) is 81.6 Å². The molecule has 0 bridgehead atoms. The standard InChI is InChI=1S/C21H40N2/c1-10-13-15-21(8,9)17-16(20(6,7)14-11-2)22-18(23-17)19(4,5)12-3/h10-15H2,1-9H3,(H,22,23). The molecule has 0 amide bonds. The highest BCUT2D eigenvalue weighted by Gasteiger charge is 2.36. The minimum Gasteiger partial charge on any atom is -0.345 e. The molecular weight excluding hydrogens is 280 g/mol. The average Bonchev–Trinajstić information content (AvgIpc) is 2.93. The summed E-state index contributed by atoms with van der Waals surface area (Å²) in [4.78, 5) is 8.94. The van der Waals surface area contributed by atoms with Crippen LogP contribution >= 0.6 is 0 Å². The van der Waals surface area contributed by atoms with Crippen LogP contribution in [0.25, 0.3) is 0 Å². The minimum atomic E-state index is 0.107. The van der Waals surface area contributed by atoms with Crippen LogP contribution in [0.4, 0.5) is 0 Å². The SMILES string of the molecule is CCCCC(C)(C)c1[nH]c(C(C)(C)CC)nc1C(C)(C)CCC. The van der Waals surface area contributed by atoms with E-state index in [0.29, 0.717) is 0 Å². The molecule has 2 heteroatoms. The zero-order valence-corrected chi connectivity index (χ0v) is 17.2. The fourth-order valence-corrected chi connectivity index (χ4v) is 3.33. The van der Waals surface area contributed by atoms with Gasteiger partial charge in [-0.15, -0.1) is 0 Å². The van der Waals surface area contributed by atoms with Gasteiger partial charge < -0.3 is 4.98 Å². The van der Waals surface area contributed by atoms with Crippen molar-refractivity contribution >= 4 is 0 Å². The third-order valence-corrected chi connectivity index (χ3v) is 5.58. The summed E-state index contributed by atoms with van der Waals surface area (Å²) in [6.07, 6.45) is 7.21. The Hall–Kier alpha value is -0.790. The van der Waals surface area contributed by atoms with Gasteiger partial charge in [0.05, 0.1) is 5.69 Å². The first-order valence-electron chi connectivity index (χ1n) is 9.63. The molecule has 0 saturated heterocycles. The third kappa shape index (κ3) is 4.61. The van der Waals surface area contributed by atoms with Gasteiger partial charge in [-0.2, -0.15) is 0 Å². The highest BCUT2D eigenvalue weighted by molar-refractivity contribution is 5.31. The van der Waals surface area contributed by atoms with Crippen LogP contribution in [-0.4, -0.2) is 9.97 Å². The molecule has 134 valence electrons. The van der Waals surface area contributed by atoms with E-state index >= 15 is 0 Å². The molecule has 0 aliphatic carbocycles. The molecule has 1 N–H and O–H groups in total. The van der Waals surface area contributed by atoms with E-state index in [-0.39, 0.29) is 16.2 Å². The number of imidazole rings is 1. The summed E-state index contributed by atoms with van der Waals surface area (Å²) < 4.78 is 0. The Labute approximate surface area is 144 Å². The summed E-state index contributed by atoms with van der Waals surface area (Å²) in [6, 6.07) is 0. The minimum absolute atomic E-state index is 0.107. The van der Waals surface area contributed by atoms with Crippen molar-refractivity contribution in [2.24, 2.45) is 0 Å². The first kappa shape index (κ1) is 20.3. The molecule has 1 rings (SSSR count). The number of aromatic amines is 1. The van der Waals surface area contributed by atoms with E-state index in [1.165, 1.54) is 49.3 Å². The molecule has 23 heavy (non-hydrogen) atoms. The summed E-state index contributed by atoms with van der Waals surface area (Å²) in [5.41, 5.74) is 3.08. The zero-order valence-electron chi connectivity index (χ0n) is 17.2. The van der Waals surface area contributed by atoms with Gasteiger partial charge in [-0.3, -0.25) is 0 Å². The maximum atomic E-state index is 5.16. The van der Waals surface area contributed by atoms with Crippen molar-refractivity contribution in [2.45, 2.75) is 117 Å². The number of H-pyrrole nitrogens is 1. The molecule has 0 saturated carbocycles. The quantitative estimate of drug-likeness (QED) is 0.542. The van der Waals surface area contributed by atoms with Crippen LogP contribution in [0.5, 0.6) is 0 Å². The van der Waals surface area contributed by atoms with Crippen LogP contribution in [0.1, 0.15) is 118 Å². The number of hydrogen-bond donors (Lipinski definition) is 1. The van der Waals surface area contributed by atoms with E-state index in [2.05, 4.69) is 67.3 Å². The van der Waals surface area contributed by atoms with E-state index in [1.807, 2.05) is 0 Å². The number of unbranched alkanes of at least 4 members (excludes halogenated alkanes) is 1. The van der Waals surface area contributed by atoms with E-state index in [0.717, 1.165) is 6.42 Å². The van der Waals surface area contributed by atoms with Gasteiger partial charge in [-0.05, 0) is 19.3 Å². The largest absolute Gasteiger partial charge is 0.345 e. The highest BCUT2D eigenvalue weighted by Crippen LogP contribution is 2.39. The number of hydrogen-bond acceptors (Lipinski definition) is 1. The van der Waals surface area contributed by atoms with E-state index in [1.54, 1.807) is 0 Å². The molecule has 0 fully saturated rings. The highest BCUT2D eigenvalue weighted by atomic mass is 15.0. The Balaban J connectivity index is 3.41. The van der Waals surface area contributed by atoms with Gasteiger partial charge in [0.1, 0.15) is 5.82 Å². The first-order chi connectivity index (χ1) is 10.5. The summed E-state index contributed by atoms with van der Waals surface area (Å²) in [5.74, 6) is 1.17. The van der Waals surface area contributed by atoms with Crippen LogP contribution in [0.15, 0.2) is 0 Å². The lowest BCUT2D eigenvalue weighted by Crippen LogP contribution is -2.26. The number of nitrogens with one attached hydrogen (secondary N) is 1.